The van der Waals surface area contributed by atoms with Gasteiger partial charge in [-0.05, 0) is 30.5 Å². The van der Waals surface area contributed by atoms with Crippen LogP contribution in [-0.4, -0.2) is 14.8 Å². The zero-order chi connectivity index (χ0) is 12.6. The maximum Gasteiger partial charge on any atom is 0.187 e. The van der Waals surface area contributed by atoms with E-state index < -0.39 is 0 Å². The van der Waals surface area contributed by atoms with Gasteiger partial charge in [-0.3, -0.25) is 0 Å². The maximum absolute atomic E-state index is 6.27. The molecule has 5 heteroatoms. The van der Waals surface area contributed by atoms with Crippen molar-refractivity contribution < 1.29 is 0 Å². The first-order valence-electron chi connectivity index (χ1n) is 5.42. The first-order chi connectivity index (χ1) is 8.02. The van der Waals surface area contributed by atoms with Crippen molar-refractivity contribution in [3.8, 4) is 0 Å². The summed E-state index contributed by atoms with van der Waals surface area (Å²) in [4.78, 5) is 0. The molecule has 2 aromatic rings. The second-order valence-electron chi connectivity index (χ2n) is 4.20. The molecule has 1 aromatic heterocycles. The molecule has 0 aliphatic heterocycles. The molecule has 2 N–H and O–H groups in total. The average Bonchev–Trinajstić information content (AvgIpc) is 2.59. The van der Waals surface area contributed by atoms with Crippen molar-refractivity contribution in [2.24, 2.45) is 12.8 Å². The number of thiol groups is 1. The van der Waals surface area contributed by atoms with Gasteiger partial charge in [0.2, 0.25) is 0 Å². The number of hydrogen-bond donors (Lipinski definition) is 2. The molecule has 17 heavy (non-hydrogen) atoms. The molecule has 0 aliphatic rings. The van der Waals surface area contributed by atoms with Crippen LogP contribution in [0.25, 0.3) is 0 Å². The van der Waals surface area contributed by atoms with Crippen LogP contribution in [0.3, 0.4) is 0 Å². The van der Waals surface area contributed by atoms with E-state index in [1.807, 2.05) is 13.1 Å². The van der Waals surface area contributed by atoms with E-state index in [9.17, 15) is 0 Å². The highest BCUT2D eigenvalue weighted by molar-refractivity contribution is 7.80. The second kappa shape index (κ2) is 4.50. The van der Waals surface area contributed by atoms with Crippen molar-refractivity contribution in [1.82, 2.24) is 14.8 Å². The average molecular weight is 248 g/mol. The van der Waals surface area contributed by atoms with Gasteiger partial charge < -0.3 is 10.3 Å². The summed E-state index contributed by atoms with van der Waals surface area (Å²) < 4.78 is 1.81. The summed E-state index contributed by atoms with van der Waals surface area (Å²) in [5.74, 6) is 0.729. The lowest BCUT2D eigenvalue weighted by molar-refractivity contribution is 0.681. The van der Waals surface area contributed by atoms with Gasteiger partial charge in [0.1, 0.15) is 0 Å². The minimum absolute atomic E-state index is 0.269. The first-order valence-corrected chi connectivity index (χ1v) is 5.87. The van der Waals surface area contributed by atoms with Gasteiger partial charge in [-0.25, -0.2) is 0 Å². The number of hydrogen-bond acceptors (Lipinski definition) is 4. The predicted molar refractivity (Wildman–Crippen MR) is 70.2 cm³/mol. The molecule has 1 unspecified atom stereocenters. The van der Waals surface area contributed by atoms with Crippen molar-refractivity contribution in [3.05, 3.63) is 40.7 Å². The molecule has 0 bridgehead atoms. The van der Waals surface area contributed by atoms with Crippen molar-refractivity contribution in [2.45, 2.75) is 25.0 Å². The standard InChI is InChI=1S/C12H16N4S/c1-7-5-4-6-8(2)9(7)10(13)11-14-15-12(17)16(11)3/h4-6,10H,13H2,1-3H3,(H,15,17). The van der Waals surface area contributed by atoms with Crippen LogP contribution in [0.15, 0.2) is 23.4 Å². The Hall–Kier alpha value is -1.33. The molecular formula is C12H16N4S. The third-order valence-electron chi connectivity index (χ3n) is 3.02. The summed E-state index contributed by atoms with van der Waals surface area (Å²) in [6, 6.07) is 5.87. The third-order valence-corrected chi connectivity index (χ3v) is 3.41. The maximum atomic E-state index is 6.27. The Morgan fingerprint density at radius 3 is 2.29 bits per heavy atom. The highest BCUT2D eigenvalue weighted by atomic mass is 32.1. The van der Waals surface area contributed by atoms with Crippen LogP contribution in [0.5, 0.6) is 0 Å². The largest absolute Gasteiger partial charge is 0.318 e. The predicted octanol–water partition coefficient (Wildman–Crippen LogP) is 1.77. The fraction of sp³-hybridized carbons (Fsp3) is 0.333. The van der Waals surface area contributed by atoms with Crippen molar-refractivity contribution >= 4 is 12.6 Å². The lowest BCUT2D eigenvalue weighted by Crippen LogP contribution is -2.19. The van der Waals surface area contributed by atoms with Gasteiger partial charge in [-0.2, -0.15) is 0 Å². The minimum Gasteiger partial charge on any atom is -0.318 e. The zero-order valence-corrected chi connectivity index (χ0v) is 11.1. The Morgan fingerprint density at radius 1 is 1.24 bits per heavy atom. The molecule has 0 amide bonds. The van der Waals surface area contributed by atoms with Crippen molar-refractivity contribution in [1.29, 1.82) is 0 Å². The molecule has 0 radical (unpaired) electrons. The molecule has 1 atom stereocenters. The van der Waals surface area contributed by atoms with E-state index in [0.717, 1.165) is 11.4 Å². The first kappa shape index (κ1) is 12.1. The smallest absolute Gasteiger partial charge is 0.187 e. The molecule has 1 heterocycles. The van der Waals surface area contributed by atoms with E-state index in [0.29, 0.717) is 5.16 Å². The summed E-state index contributed by atoms with van der Waals surface area (Å²) in [5, 5.41) is 8.58. The van der Waals surface area contributed by atoms with Crippen LogP contribution in [-0.2, 0) is 7.05 Å². The number of nitrogens with two attached hydrogens (primary N) is 1. The van der Waals surface area contributed by atoms with Gasteiger partial charge in [-0.15, -0.1) is 22.8 Å². The minimum atomic E-state index is -0.269. The Morgan fingerprint density at radius 2 is 1.82 bits per heavy atom. The van der Waals surface area contributed by atoms with E-state index in [-0.39, 0.29) is 6.04 Å². The summed E-state index contributed by atoms with van der Waals surface area (Å²) in [5.41, 5.74) is 9.72. The van der Waals surface area contributed by atoms with Gasteiger partial charge in [0.25, 0.3) is 0 Å². The Balaban J connectivity index is 2.51. The topological polar surface area (TPSA) is 56.7 Å². The summed E-state index contributed by atoms with van der Waals surface area (Å²) in [7, 11) is 1.87. The number of aromatic nitrogens is 3. The fourth-order valence-corrected chi connectivity index (χ4v) is 2.20. The fourth-order valence-electron chi connectivity index (χ4n) is 2.05. The molecule has 0 saturated carbocycles. The van der Waals surface area contributed by atoms with E-state index in [2.05, 4.69) is 48.8 Å². The van der Waals surface area contributed by atoms with Crippen LogP contribution in [0.1, 0.15) is 28.6 Å². The second-order valence-corrected chi connectivity index (χ2v) is 4.60. The molecule has 1 aromatic carbocycles. The lowest BCUT2D eigenvalue weighted by atomic mass is 9.96. The van der Waals surface area contributed by atoms with E-state index in [1.54, 1.807) is 4.57 Å². The quantitative estimate of drug-likeness (QED) is 0.796. The van der Waals surface area contributed by atoms with Crippen molar-refractivity contribution in [3.63, 3.8) is 0 Å². The molecular weight excluding hydrogens is 232 g/mol. The highest BCUT2D eigenvalue weighted by Crippen LogP contribution is 2.25. The Labute approximate surface area is 106 Å². The van der Waals surface area contributed by atoms with Crippen molar-refractivity contribution in [2.75, 3.05) is 0 Å². The number of nitrogens with zero attached hydrogens (tertiary/aromatic N) is 3. The molecule has 0 fully saturated rings. The van der Waals surface area contributed by atoms with Gasteiger partial charge in [0.05, 0.1) is 6.04 Å². The monoisotopic (exact) mass is 248 g/mol. The molecule has 4 nitrogen and oxygen atoms in total. The molecule has 0 saturated heterocycles. The number of benzene rings is 1. The van der Waals surface area contributed by atoms with Crippen LogP contribution < -0.4 is 5.73 Å². The lowest BCUT2D eigenvalue weighted by Gasteiger charge is -2.16. The third kappa shape index (κ3) is 2.08. The summed E-state index contributed by atoms with van der Waals surface area (Å²) in [6.45, 7) is 4.11. The Kier molecular flexibility index (Phi) is 3.22. The van der Waals surface area contributed by atoms with Crippen LogP contribution >= 0.6 is 12.6 Å². The van der Waals surface area contributed by atoms with Crippen LogP contribution in [0.4, 0.5) is 0 Å². The molecule has 0 aliphatic carbocycles. The normalized spacial score (nSPS) is 12.8. The van der Waals surface area contributed by atoms with E-state index >= 15 is 0 Å². The SMILES string of the molecule is Cc1cccc(C)c1C(N)c1nnc(S)n1C. The number of rotatable bonds is 2. The van der Waals surface area contributed by atoms with Gasteiger partial charge in [0, 0.05) is 7.05 Å². The zero-order valence-electron chi connectivity index (χ0n) is 10.2. The van der Waals surface area contributed by atoms with Crippen LogP contribution in [0.2, 0.25) is 0 Å². The summed E-state index contributed by atoms with van der Waals surface area (Å²) in [6.07, 6.45) is 0. The highest BCUT2D eigenvalue weighted by Gasteiger charge is 2.19. The van der Waals surface area contributed by atoms with Gasteiger partial charge in [-0.1, -0.05) is 18.2 Å². The molecule has 90 valence electrons. The molecule has 0 spiro atoms. The molecule has 2 rings (SSSR count). The van der Waals surface area contributed by atoms with E-state index in [4.69, 9.17) is 5.73 Å². The Bertz CT molecular complexity index is 527. The summed E-state index contributed by atoms with van der Waals surface area (Å²) >= 11 is 4.21. The van der Waals surface area contributed by atoms with Gasteiger partial charge in [0.15, 0.2) is 11.0 Å². The van der Waals surface area contributed by atoms with Crippen LogP contribution in [0, 0.1) is 13.8 Å². The van der Waals surface area contributed by atoms with Gasteiger partial charge >= 0.3 is 0 Å². The number of aryl methyl sites for hydroxylation is 2. The van der Waals surface area contributed by atoms with E-state index in [1.165, 1.54) is 11.1 Å².